The van der Waals surface area contributed by atoms with E-state index >= 15 is 0 Å². The Labute approximate surface area is 133 Å². The highest BCUT2D eigenvalue weighted by Crippen LogP contribution is 2.20. The lowest BCUT2D eigenvalue weighted by molar-refractivity contribution is 0.0600. The van der Waals surface area contributed by atoms with E-state index < -0.39 is 11.9 Å². The molecule has 0 saturated heterocycles. The molecule has 0 bridgehead atoms. The van der Waals surface area contributed by atoms with Crippen molar-refractivity contribution in [1.82, 2.24) is 0 Å². The number of ether oxygens (including phenoxy) is 2. The molecule has 0 amide bonds. The average Bonchev–Trinajstić information content (AvgIpc) is 2.59. The van der Waals surface area contributed by atoms with Crippen LogP contribution in [0.25, 0.3) is 0 Å². The number of hydrogen-bond donors (Lipinski definition) is 2. The largest absolute Gasteiger partial charge is 0.497 e. The fourth-order valence-corrected chi connectivity index (χ4v) is 2.12. The van der Waals surface area contributed by atoms with E-state index in [4.69, 9.17) is 4.74 Å². The summed E-state index contributed by atoms with van der Waals surface area (Å²) in [6, 6.07) is 11.6. The minimum atomic E-state index is -1.01. The van der Waals surface area contributed by atoms with Crippen LogP contribution in [0.5, 0.6) is 5.75 Å². The summed E-state index contributed by atoms with van der Waals surface area (Å²) in [4.78, 5) is 22.8. The maximum absolute atomic E-state index is 11.5. The van der Waals surface area contributed by atoms with Gasteiger partial charge in [-0.15, -0.1) is 0 Å². The standard InChI is InChI=1S/C17H17NO5/c1-22-14-6-7-15(16(19)20)12(9-14)10-18-13-5-3-4-11(8-13)17(21)23-2/h3-9,18H,10H2,1-2H3,(H,19,20). The monoisotopic (exact) mass is 315 g/mol. The number of carboxylic acid groups (broad SMARTS) is 1. The number of benzene rings is 2. The Hall–Kier alpha value is -3.02. The molecule has 0 saturated carbocycles. The van der Waals surface area contributed by atoms with Crippen molar-refractivity contribution in [3.8, 4) is 5.75 Å². The highest BCUT2D eigenvalue weighted by molar-refractivity contribution is 5.91. The molecular weight excluding hydrogens is 298 g/mol. The number of rotatable bonds is 6. The van der Waals surface area contributed by atoms with Gasteiger partial charge in [0.2, 0.25) is 0 Å². The molecule has 0 aromatic heterocycles. The van der Waals surface area contributed by atoms with Crippen LogP contribution >= 0.6 is 0 Å². The van der Waals surface area contributed by atoms with Crippen molar-refractivity contribution >= 4 is 17.6 Å². The second-order valence-corrected chi connectivity index (χ2v) is 4.75. The maximum Gasteiger partial charge on any atom is 0.337 e. The number of methoxy groups -OCH3 is 2. The van der Waals surface area contributed by atoms with Crippen LogP contribution in [0.15, 0.2) is 42.5 Å². The Balaban J connectivity index is 2.20. The highest BCUT2D eigenvalue weighted by Gasteiger charge is 2.11. The summed E-state index contributed by atoms with van der Waals surface area (Å²) in [6.45, 7) is 0.281. The molecule has 0 aliphatic rings. The van der Waals surface area contributed by atoms with Gasteiger partial charge in [-0.1, -0.05) is 6.07 Å². The summed E-state index contributed by atoms with van der Waals surface area (Å²) in [5.74, 6) is -0.857. The third kappa shape index (κ3) is 4.00. The van der Waals surface area contributed by atoms with Gasteiger partial charge in [0.05, 0.1) is 25.3 Å². The fraction of sp³-hybridized carbons (Fsp3) is 0.176. The zero-order valence-corrected chi connectivity index (χ0v) is 12.8. The van der Waals surface area contributed by atoms with E-state index in [1.807, 2.05) is 0 Å². The van der Waals surface area contributed by atoms with Gasteiger partial charge in [-0.25, -0.2) is 9.59 Å². The molecule has 2 aromatic rings. The molecule has 0 heterocycles. The summed E-state index contributed by atoms with van der Waals surface area (Å²) in [6.07, 6.45) is 0. The minimum absolute atomic E-state index is 0.197. The van der Waals surface area contributed by atoms with Crippen LogP contribution in [0.3, 0.4) is 0 Å². The Morgan fingerprint density at radius 1 is 1.13 bits per heavy atom. The van der Waals surface area contributed by atoms with Gasteiger partial charge < -0.3 is 19.9 Å². The molecule has 2 N–H and O–H groups in total. The van der Waals surface area contributed by atoms with Crippen molar-refractivity contribution in [2.24, 2.45) is 0 Å². The van der Waals surface area contributed by atoms with Crippen LogP contribution in [-0.2, 0) is 11.3 Å². The Kier molecular flexibility index (Phi) is 5.19. The molecule has 0 atom stereocenters. The van der Waals surface area contributed by atoms with Gasteiger partial charge in [-0.3, -0.25) is 0 Å². The molecule has 6 heteroatoms. The van der Waals surface area contributed by atoms with Crippen molar-refractivity contribution in [1.29, 1.82) is 0 Å². The number of anilines is 1. The van der Waals surface area contributed by atoms with Gasteiger partial charge in [-0.05, 0) is 42.0 Å². The van der Waals surface area contributed by atoms with Crippen molar-refractivity contribution in [3.63, 3.8) is 0 Å². The molecule has 0 aliphatic carbocycles. The number of aromatic carboxylic acids is 1. The minimum Gasteiger partial charge on any atom is -0.497 e. The molecule has 23 heavy (non-hydrogen) atoms. The van der Waals surface area contributed by atoms with Crippen molar-refractivity contribution in [3.05, 3.63) is 59.2 Å². The topological polar surface area (TPSA) is 84.9 Å². The molecule has 0 fully saturated rings. The van der Waals surface area contributed by atoms with Crippen LogP contribution in [0.2, 0.25) is 0 Å². The smallest absolute Gasteiger partial charge is 0.337 e. The third-order valence-corrected chi connectivity index (χ3v) is 3.31. The zero-order chi connectivity index (χ0) is 16.8. The quantitative estimate of drug-likeness (QED) is 0.797. The SMILES string of the molecule is COC(=O)c1cccc(NCc2cc(OC)ccc2C(=O)O)c1. The van der Waals surface area contributed by atoms with Gasteiger partial charge >= 0.3 is 11.9 Å². The molecule has 0 unspecified atom stereocenters. The summed E-state index contributed by atoms with van der Waals surface area (Å²) < 4.78 is 9.80. The van der Waals surface area contributed by atoms with E-state index in [1.54, 1.807) is 36.4 Å². The summed E-state index contributed by atoms with van der Waals surface area (Å²) in [5, 5.41) is 12.3. The molecule has 6 nitrogen and oxygen atoms in total. The van der Waals surface area contributed by atoms with Crippen LogP contribution in [0, 0.1) is 0 Å². The van der Waals surface area contributed by atoms with E-state index in [0.29, 0.717) is 22.6 Å². The molecule has 2 aromatic carbocycles. The summed E-state index contributed by atoms with van der Waals surface area (Å²) in [7, 11) is 2.84. The van der Waals surface area contributed by atoms with Gasteiger partial charge in [0.15, 0.2) is 0 Å². The van der Waals surface area contributed by atoms with E-state index in [2.05, 4.69) is 10.1 Å². The molecule has 120 valence electrons. The van der Waals surface area contributed by atoms with E-state index in [-0.39, 0.29) is 12.1 Å². The van der Waals surface area contributed by atoms with Gasteiger partial charge in [0.25, 0.3) is 0 Å². The number of carbonyl (C=O) groups excluding carboxylic acids is 1. The third-order valence-electron chi connectivity index (χ3n) is 3.31. The lowest BCUT2D eigenvalue weighted by Crippen LogP contribution is -2.08. The van der Waals surface area contributed by atoms with E-state index in [1.165, 1.54) is 20.3 Å². The molecular formula is C17H17NO5. The van der Waals surface area contributed by atoms with Crippen LogP contribution in [0.1, 0.15) is 26.3 Å². The second-order valence-electron chi connectivity index (χ2n) is 4.75. The number of carboxylic acids is 1. The molecule has 0 radical (unpaired) electrons. The first-order chi connectivity index (χ1) is 11.0. The highest BCUT2D eigenvalue weighted by atomic mass is 16.5. The Morgan fingerprint density at radius 2 is 1.91 bits per heavy atom. The first-order valence-corrected chi connectivity index (χ1v) is 6.87. The van der Waals surface area contributed by atoms with Crippen LogP contribution in [0.4, 0.5) is 5.69 Å². The lowest BCUT2D eigenvalue weighted by Gasteiger charge is -2.11. The predicted molar refractivity (Wildman–Crippen MR) is 85.1 cm³/mol. The van der Waals surface area contributed by atoms with Crippen molar-refractivity contribution in [2.75, 3.05) is 19.5 Å². The number of hydrogen-bond acceptors (Lipinski definition) is 5. The Morgan fingerprint density at radius 3 is 2.57 bits per heavy atom. The van der Waals surface area contributed by atoms with Gasteiger partial charge in [-0.2, -0.15) is 0 Å². The predicted octanol–water partition coefficient (Wildman–Crippen LogP) is 2.79. The Bertz CT molecular complexity index is 727. The van der Waals surface area contributed by atoms with Gasteiger partial charge in [0.1, 0.15) is 5.75 Å². The lowest BCUT2D eigenvalue weighted by atomic mass is 10.1. The average molecular weight is 315 g/mol. The number of esters is 1. The van der Waals surface area contributed by atoms with Crippen LogP contribution < -0.4 is 10.1 Å². The molecule has 2 rings (SSSR count). The summed E-state index contributed by atoms with van der Waals surface area (Å²) >= 11 is 0. The summed E-state index contributed by atoms with van der Waals surface area (Å²) in [5.41, 5.74) is 1.89. The van der Waals surface area contributed by atoms with E-state index in [9.17, 15) is 14.7 Å². The van der Waals surface area contributed by atoms with Crippen molar-refractivity contribution in [2.45, 2.75) is 6.54 Å². The second kappa shape index (κ2) is 7.31. The van der Waals surface area contributed by atoms with Crippen LogP contribution in [-0.4, -0.2) is 31.3 Å². The fourth-order valence-electron chi connectivity index (χ4n) is 2.12. The molecule has 0 spiro atoms. The zero-order valence-electron chi connectivity index (χ0n) is 12.8. The maximum atomic E-state index is 11.5. The van der Waals surface area contributed by atoms with E-state index in [0.717, 1.165) is 0 Å². The first kappa shape index (κ1) is 16.4. The normalized spacial score (nSPS) is 10.0. The number of carbonyl (C=O) groups is 2. The van der Waals surface area contributed by atoms with Crippen molar-refractivity contribution < 1.29 is 24.2 Å². The first-order valence-electron chi connectivity index (χ1n) is 6.87. The molecule has 0 aliphatic heterocycles. The number of nitrogens with one attached hydrogen (secondary N) is 1. The van der Waals surface area contributed by atoms with Gasteiger partial charge in [0, 0.05) is 12.2 Å².